The average Bonchev–Trinajstić information content (AvgIpc) is 2.14. The van der Waals surface area contributed by atoms with Crippen molar-refractivity contribution in [2.24, 2.45) is 11.8 Å². The Kier molecular flexibility index (Phi) is 3.86. The van der Waals surface area contributed by atoms with Gasteiger partial charge in [0.15, 0.2) is 0 Å². The van der Waals surface area contributed by atoms with E-state index >= 15 is 0 Å². The van der Waals surface area contributed by atoms with Gasteiger partial charge in [0.05, 0.1) is 5.92 Å². The molecule has 1 aliphatic carbocycles. The van der Waals surface area contributed by atoms with Crippen LogP contribution < -0.4 is 0 Å². The Morgan fingerprint density at radius 2 is 1.71 bits per heavy atom. The lowest BCUT2D eigenvalue weighted by Crippen LogP contribution is -2.27. The predicted molar refractivity (Wildman–Crippen MR) is 49.6 cm³/mol. The highest BCUT2D eigenvalue weighted by Crippen LogP contribution is 2.40. The smallest absolute Gasteiger partial charge is 0.171 e. The van der Waals surface area contributed by atoms with Crippen molar-refractivity contribution in [1.29, 1.82) is 0 Å². The van der Waals surface area contributed by atoms with Gasteiger partial charge in [0, 0.05) is 6.42 Å². The molecule has 0 amide bonds. The van der Waals surface area contributed by atoms with E-state index in [9.17, 15) is 13.2 Å². The van der Waals surface area contributed by atoms with Crippen LogP contribution in [0, 0.1) is 23.7 Å². The monoisotopic (exact) mass is 204 g/mol. The lowest BCUT2D eigenvalue weighted by atomic mass is 9.80. The molecule has 0 aromatic carbocycles. The summed E-state index contributed by atoms with van der Waals surface area (Å²) in [6.45, 7) is 1.77. The molecule has 3 heteroatoms. The van der Waals surface area contributed by atoms with Gasteiger partial charge in [-0.3, -0.25) is 0 Å². The molecule has 0 N–H and O–H groups in total. The average molecular weight is 204 g/mol. The molecule has 0 saturated heterocycles. The fourth-order valence-corrected chi connectivity index (χ4v) is 1.94. The van der Waals surface area contributed by atoms with Crippen LogP contribution in [-0.2, 0) is 0 Å². The van der Waals surface area contributed by atoms with Crippen LogP contribution in [0.25, 0.3) is 0 Å². The molecular weight excluding hydrogens is 189 g/mol. The first-order valence-corrected chi connectivity index (χ1v) is 5.00. The molecule has 0 spiro atoms. The van der Waals surface area contributed by atoms with E-state index in [0.717, 1.165) is 6.42 Å². The topological polar surface area (TPSA) is 0 Å². The van der Waals surface area contributed by atoms with E-state index in [1.165, 1.54) is 0 Å². The van der Waals surface area contributed by atoms with Gasteiger partial charge in [0.1, 0.15) is 0 Å². The summed E-state index contributed by atoms with van der Waals surface area (Å²) >= 11 is 0. The number of hydrogen-bond acceptors (Lipinski definition) is 0. The third kappa shape index (κ3) is 3.25. The van der Waals surface area contributed by atoms with Crippen LogP contribution in [0.3, 0.4) is 0 Å². The van der Waals surface area contributed by atoms with Gasteiger partial charge < -0.3 is 0 Å². The maximum absolute atomic E-state index is 12.3. The lowest BCUT2D eigenvalue weighted by molar-refractivity contribution is -0.183. The molecule has 0 heterocycles. The Hall–Kier alpha value is -0.650. The van der Waals surface area contributed by atoms with Gasteiger partial charge >= 0.3 is 6.18 Å². The first kappa shape index (κ1) is 11.4. The van der Waals surface area contributed by atoms with Crippen LogP contribution in [-0.4, -0.2) is 6.18 Å². The van der Waals surface area contributed by atoms with Crippen molar-refractivity contribution in [3.8, 4) is 11.8 Å². The van der Waals surface area contributed by atoms with Crippen molar-refractivity contribution in [3.05, 3.63) is 0 Å². The van der Waals surface area contributed by atoms with Crippen molar-refractivity contribution in [2.45, 2.75) is 45.2 Å². The van der Waals surface area contributed by atoms with Crippen molar-refractivity contribution in [2.75, 3.05) is 0 Å². The minimum Gasteiger partial charge on any atom is -0.171 e. The Balaban J connectivity index is 2.34. The summed E-state index contributed by atoms with van der Waals surface area (Å²) in [7, 11) is 0. The van der Waals surface area contributed by atoms with Crippen LogP contribution in [0.2, 0.25) is 0 Å². The summed E-state index contributed by atoms with van der Waals surface area (Å²) in [5.74, 6) is 5.05. The van der Waals surface area contributed by atoms with Gasteiger partial charge in [-0.15, -0.1) is 11.8 Å². The second-order valence-electron chi connectivity index (χ2n) is 3.89. The Morgan fingerprint density at radius 1 is 1.14 bits per heavy atom. The molecule has 1 aliphatic rings. The summed E-state index contributed by atoms with van der Waals surface area (Å²) < 4.78 is 36.9. The predicted octanol–water partition coefficient (Wildman–Crippen LogP) is 3.77. The van der Waals surface area contributed by atoms with Gasteiger partial charge in [-0.05, 0) is 38.5 Å². The standard InChI is InChI=1S/C11H15F3/c1-2-3-4-9-5-7-10(8-6-9)11(12,13)14/h9-10H,4-8H2,1H3/t9-,10-. The second-order valence-corrected chi connectivity index (χ2v) is 3.89. The minimum absolute atomic E-state index is 0.291. The molecule has 0 aromatic rings. The van der Waals surface area contributed by atoms with Gasteiger partial charge in [-0.25, -0.2) is 0 Å². The Labute approximate surface area is 82.9 Å². The number of halogens is 3. The van der Waals surface area contributed by atoms with E-state index < -0.39 is 12.1 Å². The van der Waals surface area contributed by atoms with Gasteiger partial charge in [-0.1, -0.05) is 0 Å². The zero-order valence-corrected chi connectivity index (χ0v) is 8.32. The summed E-state index contributed by atoms with van der Waals surface area (Å²) in [4.78, 5) is 0. The number of hydrogen-bond donors (Lipinski definition) is 0. The summed E-state index contributed by atoms with van der Waals surface area (Å²) in [6, 6.07) is 0. The lowest BCUT2D eigenvalue weighted by Gasteiger charge is -2.28. The molecule has 0 bridgehead atoms. The molecule has 0 aliphatic heterocycles. The number of alkyl halides is 3. The molecule has 0 radical (unpaired) electrons. The maximum atomic E-state index is 12.3. The molecule has 80 valence electrons. The van der Waals surface area contributed by atoms with Crippen LogP contribution in [0.4, 0.5) is 13.2 Å². The SMILES string of the molecule is CC#CC[C@H]1CC[C@H](C(F)(F)F)CC1. The highest BCUT2D eigenvalue weighted by Gasteiger charge is 2.41. The van der Waals surface area contributed by atoms with E-state index in [1.54, 1.807) is 6.92 Å². The quantitative estimate of drug-likeness (QED) is 0.570. The molecule has 1 saturated carbocycles. The van der Waals surface area contributed by atoms with Crippen molar-refractivity contribution < 1.29 is 13.2 Å². The highest BCUT2D eigenvalue weighted by molar-refractivity contribution is 4.97. The first-order valence-electron chi connectivity index (χ1n) is 5.00. The summed E-state index contributed by atoms with van der Waals surface area (Å²) in [5.41, 5.74) is 0. The van der Waals surface area contributed by atoms with Crippen LogP contribution in [0.15, 0.2) is 0 Å². The van der Waals surface area contributed by atoms with Crippen molar-refractivity contribution in [1.82, 2.24) is 0 Å². The second kappa shape index (κ2) is 4.72. The molecule has 0 aromatic heterocycles. The zero-order chi connectivity index (χ0) is 10.6. The molecular formula is C11H15F3. The van der Waals surface area contributed by atoms with Crippen LogP contribution in [0.1, 0.15) is 39.0 Å². The Bertz CT molecular complexity index is 223. The highest BCUT2D eigenvalue weighted by atomic mass is 19.4. The maximum Gasteiger partial charge on any atom is 0.391 e. The van der Waals surface area contributed by atoms with E-state index in [1.807, 2.05) is 0 Å². The van der Waals surface area contributed by atoms with Crippen molar-refractivity contribution in [3.63, 3.8) is 0 Å². The molecule has 0 nitrogen and oxygen atoms in total. The number of rotatable bonds is 1. The molecule has 1 rings (SSSR count). The van der Waals surface area contributed by atoms with E-state index in [0.29, 0.717) is 31.6 Å². The van der Waals surface area contributed by atoms with Crippen LogP contribution >= 0.6 is 0 Å². The van der Waals surface area contributed by atoms with E-state index in [4.69, 9.17) is 0 Å². The first-order chi connectivity index (χ1) is 6.54. The normalized spacial score (nSPS) is 28.0. The van der Waals surface area contributed by atoms with E-state index in [2.05, 4.69) is 11.8 Å². The fraction of sp³-hybridized carbons (Fsp3) is 0.818. The minimum atomic E-state index is -3.98. The zero-order valence-electron chi connectivity index (χ0n) is 8.32. The third-order valence-electron chi connectivity index (χ3n) is 2.88. The molecule has 0 atom stereocenters. The molecule has 1 fully saturated rings. The third-order valence-corrected chi connectivity index (χ3v) is 2.88. The Morgan fingerprint density at radius 3 is 2.14 bits per heavy atom. The van der Waals surface area contributed by atoms with Gasteiger partial charge in [-0.2, -0.15) is 13.2 Å². The fourth-order valence-electron chi connectivity index (χ4n) is 1.94. The van der Waals surface area contributed by atoms with Gasteiger partial charge in [0.2, 0.25) is 0 Å². The van der Waals surface area contributed by atoms with E-state index in [-0.39, 0.29) is 0 Å². The largest absolute Gasteiger partial charge is 0.391 e. The summed E-state index contributed by atoms with van der Waals surface area (Å²) in [5, 5.41) is 0. The van der Waals surface area contributed by atoms with Crippen LogP contribution in [0.5, 0.6) is 0 Å². The molecule has 14 heavy (non-hydrogen) atoms. The van der Waals surface area contributed by atoms with Gasteiger partial charge in [0.25, 0.3) is 0 Å². The summed E-state index contributed by atoms with van der Waals surface area (Å²) in [6.07, 6.45) is -1.28. The molecule has 0 unspecified atom stereocenters. The van der Waals surface area contributed by atoms with Crippen molar-refractivity contribution >= 4 is 0 Å².